The van der Waals surface area contributed by atoms with E-state index in [9.17, 15) is 17.6 Å². The Morgan fingerprint density at radius 1 is 1.28 bits per heavy atom. The van der Waals surface area contributed by atoms with Crippen molar-refractivity contribution in [2.45, 2.75) is 31.8 Å². The zero-order valence-electron chi connectivity index (χ0n) is 14.2. The summed E-state index contributed by atoms with van der Waals surface area (Å²) in [4.78, 5) is 14.0. The average Bonchev–Trinajstić information content (AvgIpc) is 2.80. The van der Waals surface area contributed by atoms with Crippen LogP contribution in [-0.2, 0) is 21.9 Å². The van der Waals surface area contributed by atoms with Crippen molar-refractivity contribution in [2.75, 3.05) is 0 Å². The van der Waals surface area contributed by atoms with Gasteiger partial charge in [-0.15, -0.1) is 4.83 Å². The van der Waals surface area contributed by atoms with Crippen LogP contribution in [0.2, 0.25) is 0 Å². The molecule has 0 bridgehead atoms. The monoisotopic (exact) mass is 370 g/mol. The number of halogens is 1. The highest BCUT2D eigenvalue weighted by Gasteiger charge is 2.25. The van der Waals surface area contributed by atoms with Gasteiger partial charge in [-0.1, -0.05) is 0 Å². The Morgan fingerprint density at radius 2 is 1.88 bits per heavy atom. The largest absolute Gasteiger partial charge is 0.481 e. The van der Waals surface area contributed by atoms with Crippen LogP contribution in [-0.4, -0.2) is 30.2 Å². The molecule has 1 amide bonds. The molecule has 0 radical (unpaired) electrons. The van der Waals surface area contributed by atoms with Gasteiger partial charge < -0.3 is 4.74 Å². The first kappa shape index (κ1) is 18.9. The SMILES string of the molecule is Cc1nn(C)c(C)c1S(=O)(=O)NNC(=O)[C@@H](C)Oc1ccc(F)cc1. The Hall–Kier alpha value is -2.46. The van der Waals surface area contributed by atoms with Gasteiger partial charge in [0.2, 0.25) is 0 Å². The lowest BCUT2D eigenvalue weighted by molar-refractivity contribution is -0.127. The van der Waals surface area contributed by atoms with E-state index in [-0.39, 0.29) is 10.6 Å². The summed E-state index contributed by atoms with van der Waals surface area (Å²) < 4.78 is 44.3. The minimum Gasteiger partial charge on any atom is -0.481 e. The first-order valence-corrected chi connectivity index (χ1v) is 8.84. The van der Waals surface area contributed by atoms with Crippen LogP contribution in [0, 0.1) is 19.7 Å². The minimum atomic E-state index is -3.98. The second-order valence-corrected chi connectivity index (χ2v) is 7.05. The summed E-state index contributed by atoms with van der Waals surface area (Å²) >= 11 is 0. The maximum atomic E-state index is 12.8. The number of nitrogens with one attached hydrogen (secondary N) is 2. The third-order valence-electron chi connectivity index (χ3n) is 3.52. The second kappa shape index (κ2) is 7.19. The Kier molecular flexibility index (Phi) is 5.43. The number of carbonyl (C=O) groups excluding carboxylic acids is 1. The van der Waals surface area contributed by atoms with Crippen molar-refractivity contribution in [2.24, 2.45) is 7.05 Å². The van der Waals surface area contributed by atoms with Crippen LogP contribution >= 0.6 is 0 Å². The fourth-order valence-electron chi connectivity index (χ4n) is 2.18. The molecule has 2 aromatic rings. The van der Waals surface area contributed by atoms with Gasteiger partial charge in [0.25, 0.3) is 15.9 Å². The molecule has 0 fully saturated rings. The van der Waals surface area contributed by atoms with Gasteiger partial charge in [-0.25, -0.2) is 12.8 Å². The molecule has 1 aromatic heterocycles. The van der Waals surface area contributed by atoms with Crippen LogP contribution in [0.25, 0.3) is 0 Å². The molecule has 25 heavy (non-hydrogen) atoms. The van der Waals surface area contributed by atoms with E-state index in [4.69, 9.17) is 4.74 Å². The molecular weight excluding hydrogens is 351 g/mol. The maximum Gasteiger partial charge on any atom is 0.275 e. The molecular formula is C15H19FN4O4S. The number of aryl methyl sites for hydroxylation is 2. The standard InChI is InChI=1S/C15H19FN4O4S/c1-9-14(10(2)20(4)18-9)25(22,23)19-17-15(21)11(3)24-13-7-5-12(16)6-8-13/h5-8,11,19H,1-4H3,(H,17,21)/t11-/m1/s1. The van der Waals surface area contributed by atoms with Crippen LogP contribution in [0.15, 0.2) is 29.2 Å². The normalized spacial score (nSPS) is 12.7. The molecule has 0 saturated carbocycles. The average molecular weight is 370 g/mol. The van der Waals surface area contributed by atoms with Gasteiger partial charge >= 0.3 is 0 Å². The fraction of sp³-hybridized carbons (Fsp3) is 0.333. The summed E-state index contributed by atoms with van der Waals surface area (Å²) in [5.74, 6) is -0.850. The zero-order valence-corrected chi connectivity index (χ0v) is 15.0. The predicted molar refractivity (Wildman–Crippen MR) is 87.6 cm³/mol. The predicted octanol–water partition coefficient (Wildman–Crippen LogP) is 0.953. The van der Waals surface area contributed by atoms with Gasteiger partial charge in [0.1, 0.15) is 16.5 Å². The molecule has 2 rings (SSSR count). The van der Waals surface area contributed by atoms with E-state index in [1.807, 2.05) is 4.83 Å². The highest BCUT2D eigenvalue weighted by atomic mass is 32.2. The molecule has 1 aromatic carbocycles. The molecule has 136 valence electrons. The summed E-state index contributed by atoms with van der Waals surface area (Å²) in [6, 6.07) is 5.12. The Labute approximate surface area is 145 Å². The molecule has 0 aliphatic rings. The van der Waals surface area contributed by atoms with E-state index in [0.29, 0.717) is 11.4 Å². The number of ether oxygens (including phenoxy) is 1. The van der Waals surface area contributed by atoms with Crippen molar-refractivity contribution >= 4 is 15.9 Å². The third kappa shape index (κ3) is 4.34. The van der Waals surface area contributed by atoms with Crippen molar-refractivity contribution in [3.63, 3.8) is 0 Å². The highest BCUT2D eigenvalue weighted by Crippen LogP contribution is 2.17. The van der Waals surface area contributed by atoms with Crippen molar-refractivity contribution in [3.05, 3.63) is 41.5 Å². The topological polar surface area (TPSA) is 102 Å². The van der Waals surface area contributed by atoms with Crippen LogP contribution in [0.4, 0.5) is 4.39 Å². The van der Waals surface area contributed by atoms with Gasteiger partial charge in [-0.05, 0) is 45.0 Å². The Balaban J connectivity index is 2.01. The van der Waals surface area contributed by atoms with E-state index in [1.54, 1.807) is 20.9 Å². The number of carbonyl (C=O) groups is 1. The zero-order chi connectivity index (χ0) is 18.8. The lowest BCUT2D eigenvalue weighted by Crippen LogP contribution is -2.47. The molecule has 0 aliphatic carbocycles. The molecule has 2 N–H and O–H groups in total. The number of sulfonamides is 1. The molecule has 1 heterocycles. The summed E-state index contributed by atoms with van der Waals surface area (Å²) in [5.41, 5.74) is 2.86. The van der Waals surface area contributed by atoms with Crippen LogP contribution in [0.1, 0.15) is 18.3 Å². The number of amides is 1. The third-order valence-corrected chi connectivity index (χ3v) is 5.01. The van der Waals surface area contributed by atoms with Crippen molar-refractivity contribution < 1.29 is 22.3 Å². The summed E-state index contributed by atoms with van der Waals surface area (Å²) in [5, 5.41) is 4.03. The number of benzene rings is 1. The van der Waals surface area contributed by atoms with Gasteiger partial charge in [-0.3, -0.25) is 14.9 Å². The quantitative estimate of drug-likeness (QED) is 0.737. The first-order valence-electron chi connectivity index (χ1n) is 7.36. The van der Waals surface area contributed by atoms with Crippen LogP contribution in [0.3, 0.4) is 0 Å². The van der Waals surface area contributed by atoms with Crippen molar-refractivity contribution in [3.8, 4) is 5.75 Å². The van der Waals surface area contributed by atoms with E-state index in [0.717, 1.165) is 0 Å². The molecule has 0 saturated heterocycles. The van der Waals surface area contributed by atoms with E-state index < -0.39 is 27.9 Å². The Morgan fingerprint density at radius 3 is 2.40 bits per heavy atom. The second-order valence-electron chi connectivity index (χ2n) is 5.43. The number of nitrogens with zero attached hydrogens (tertiary/aromatic N) is 2. The highest BCUT2D eigenvalue weighted by molar-refractivity contribution is 7.89. The molecule has 0 aliphatic heterocycles. The molecule has 10 heteroatoms. The van der Waals surface area contributed by atoms with Gasteiger partial charge in [0.15, 0.2) is 6.10 Å². The molecule has 0 unspecified atom stereocenters. The number of hydrazine groups is 1. The van der Waals surface area contributed by atoms with E-state index >= 15 is 0 Å². The van der Waals surface area contributed by atoms with Crippen molar-refractivity contribution in [1.29, 1.82) is 0 Å². The minimum absolute atomic E-state index is 0.00223. The smallest absolute Gasteiger partial charge is 0.275 e. The molecule has 1 atom stereocenters. The maximum absolute atomic E-state index is 12.8. The lowest BCUT2D eigenvalue weighted by Gasteiger charge is -2.15. The summed E-state index contributed by atoms with van der Waals surface area (Å²) in [6.07, 6.45) is -0.996. The van der Waals surface area contributed by atoms with Crippen LogP contribution < -0.4 is 15.0 Å². The fourth-order valence-corrected chi connectivity index (χ4v) is 3.47. The van der Waals surface area contributed by atoms with Crippen LogP contribution in [0.5, 0.6) is 5.75 Å². The summed E-state index contributed by atoms with van der Waals surface area (Å²) in [7, 11) is -2.35. The van der Waals surface area contributed by atoms with Gasteiger partial charge in [0.05, 0.1) is 11.4 Å². The van der Waals surface area contributed by atoms with E-state index in [1.165, 1.54) is 35.9 Å². The lowest BCUT2D eigenvalue weighted by atomic mass is 10.3. The molecule has 0 spiro atoms. The molecule has 8 nitrogen and oxygen atoms in total. The summed E-state index contributed by atoms with van der Waals surface area (Å²) in [6.45, 7) is 4.61. The number of aromatic nitrogens is 2. The van der Waals surface area contributed by atoms with Crippen molar-refractivity contribution in [1.82, 2.24) is 20.0 Å². The van der Waals surface area contributed by atoms with Gasteiger partial charge in [-0.2, -0.15) is 5.10 Å². The van der Waals surface area contributed by atoms with E-state index in [2.05, 4.69) is 10.5 Å². The first-order chi connectivity index (χ1) is 11.6. The number of hydrogen-bond donors (Lipinski definition) is 2. The Bertz CT molecular complexity index is 878. The number of rotatable bonds is 6. The number of hydrogen-bond acceptors (Lipinski definition) is 5. The van der Waals surface area contributed by atoms with Gasteiger partial charge in [0, 0.05) is 7.05 Å².